The number of likely N-dealkylation sites (N-methyl/N-ethyl adjacent to an activating group) is 1. The van der Waals surface area contributed by atoms with Crippen LogP contribution in [0.15, 0.2) is 24.3 Å². The second-order valence-corrected chi connectivity index (χ2v) is 11.5. The Morgan fingerprint density at radius 1 is 1.05 bits per heavy atom. The maximum atomic E-state index is 12.0. The molecular weight excluding hydrogens is 542 g/mol. The van der Waals surface area contributed by atoms with Crippen LogP contribution in [-0.4, -0.2) is 84.1 Å². The van der Waals surface area contributed by atoms with Crippen LogP contribution in [0.1, 0.15) is 77.5 Å². The summed E-state index contributed by atoms with van der Waals surface area (Å²) in [6.07, 6.45) is 9.20. The number of ether oxygens (including phenoxy) is 1. The van der Waals surface area contributed by atoms with Gasteiger partial charge in [0.2, 0.25) is 5.91 Å². The number of nitrogens with zero attached hydrogens (tertiary/aromatic N) is 4. The van der Waals surface area contributed by atoms with Crippen LogP contribution in [0.25, 0.3) is 21.9 Å². The topological polar surface area (TPSA) is 127 Å². The number of nitrogens with one attached hydrogen (secondary N) is 2. The van der Waals surface area contributed by atoms with Crippen LogP contribution in [0, 0.1) is 0 Å². The lowest BCUT2D eigenvalue weighted by atomic mass is 10.1. The van der Waals surface area contributed by atoms with E-state index in [2.05, 4.69) is 51.2 Å². The summed E-state index contributed by atoms with van der Waals surface area (Å²) in [4.78, 5) is 35.3. The van der Waals surface area contributed by atoms with Gasteiger partial charge < -0.3 is 30.6 Å². The lowest BCUT2D eigenvalue weighted by Crippen LogP contribution is -2.32. The molecule has 238 valence electrons. The Bertz CT molecular complexity index is 1290. The number of pyridine rings is 1. The largest absolute Gasteiger partial charge is 0.382 e. The predicted octanol–water partition coefficient (Wildman–Crippen LogP) is 4.48. The molecule has 0 saturated carbocycles. The third kappa shape index (κ3) is 10.9. The highest BCUT2D eigenvalue weighted by molar-refractivity contribution is 6.06. The van der Waals surface area contributed by atoms with Crippen molar-refractivity contribution >= 4 is 39.4 Å². The number of benzene rings is 1. The van der Waals surface area contributed by atoms with Crippen LogP contribution in [0.5, 0.6) is 0 Å². The molecule has 0 spiro atoms. The molecule has 10 nitrogen and oxygen atoms in total. The van der Waals surface area contributed by atoms with Crippen molar-refractivity contribution in [2.75, 3.05) is 52.7 Å². The molecule has 43 heavy (non-hydrogen) atoms. The number of amides is 1. The number of Topliss-reactive ketones (excluding diaryl/α,β-unsaturated/α-hetero) is 1. The molecule has 0 saturated heterocycles. The first-order chi connectivity index (χ1) is 20.8. The maximum Gasteiger partial charge on any atom is 0.222 e. The summed E-state index contributed by atoms with van der Waals surface area (Å²) < 4.78 is 8.08. The summed E-state index contributed by atoms with van der Waals surface area (Å²) in [5.41, 5.74) is 9.18. The summed E-state index contributed by atoms with van der Waals surface area (Å²) in [6.45, 7) is 8.43. The molecule has 0 aliphatic rings. The number of carbonyl (C=O) groups excluding carboxylic acids is 2. The van der Waals surface area contributed by atoms with Crippen LogP contribution < -0.4 is 16.4 Å². The monoisotopic (exact) mass is 595 g/mol. The molecule has 10 heteroatoms. The Hall–Kier alpha value is -3.08. The minimum absolute atomic E-state index is 0.0179. The minimum atomic E-state index is -0.0888. The van der Waals surface area contributed by atoms with Gasteiger partial charge in [-0.2, -0.15) is 0 Å². The number of imidazole rings is 1. The van der Waals surface area contributed by atoms with Crippen LogP contribution >= 0.6 is 0 Å². The van der Waals surface area contributed by atoms with Crippen molar-refractivity contribution in [2.45, 2.75) is 90.6 Å². The molecular formula is C33H53N7O3. The summed E-state index contributed by atoms with van der Waals surface area (Å²) >= 11 is 0. The number of unbranched alkanes of at least 4 members (excludes halogenated alkanes) is 3. The summed E-state index contributed by atoms with van der Waals surface area (Å²) in [6, 6.07) is 8.10. The molecule has 3 rings (SSSR count). The quantitative estimate of drug-likeness (QED) is 0.145. The fourth-order valence-corrected chi connectivity index (χ4v) is 5.48. The van der Waals surface area contributed by atoms with E-state index in [4.69, 9.17) is 15.5 Å². The van der Waals surface area contributed by atoms with Gasteiger partial charge in [0.25, 0.3) is 0 Å². The lowest BCUT2D eigenvalue weighted by Gasteiger charge is -2.17. The molecule has 0 bridgehead atoms. The number of ketones is 1. The average molecular weight is 596 g/mol. The summed E-state index contributed by atoms with van der Waals surface area (Å²) in [7, 11) is 3.96. The Balaban J connectivity index is 1.31. The van der Waals surface area contributed by atoms with Gasteiger partial charge in [-0.3, -0.25) is 9.59 Å². The zero-order valence-corrected chi connectivity index (χ0v) is 26.8. The first-order valence-corrected chi connectivity index (χ1v) is 16.1. The van der Waals surface area contributed by atoms with Gasteiger partial charge in [-0.05, 0) is 78.6 Å². The first kappa shape index (κ1) is 34.4. The van der Waals surface area contributed by atoms with Crippen LogP contribution in [0.3, 0.4) is 0 Å². The van der Waals surface area contributed by atoms with Crippen molar-refractivity contribution in [3.05, 3.63) is 30.1 Å². The second-order valence-electron chi connectivity index (χ2n) is 11.5. The zero-order chi connectivity index (χ0) is 31.0. The van der Waals surface area contributed by atoms with Gasteiger partial charge in [0, 0.05) is 44.5 Å². The number of nitrogen functional groups attached to an aromatic ring is 1. The third-order valence-electron chi connectivity index (χ3n) is 8.00. The van der Waals surface area contributed by atoms with Gasteiger partial charge in [0.1, 0.15) is 17.1 Å². The van der Waals surface area contributed by atoms with Crippen molar-refractivity contribution in [2.24, 2.45) is 0 Å². The van der Waals surface area contributed by atoms with Crippen molar-refractivity contribution in [1.29, 1.82) is 0 Å². The highest BCUT2D eigenvalue weighted by atomic mass is 16.5. The molecule has 4 N–H and O–H groups in total. The smallest absolute Gasteiger partial charge is 0.222 e. The second kappa shape index (κ2) is 18.6. The van der Waals surface area contributed by atoms with E-state index in [1.54, 1.807) is 14.0 Å². The molecule has 0 aliphatic carbocycles. The molecule has 1 amide bonds. The van der Waals surface area contributed by atoms with E-state index in [1.165, 1.54) is 0 Å². The number of aryl methyl sites for hydroxylation is 2. The Morgan fingerprint density at radius 2 is 1.84 bits per heavy atom. The summed E-state index contributed by atoms with van der Waals surface area (Å²) in [5, 5.41) is 7.07. The Labute approximate surface area is 257 Å². The van der Waals surface area contributed by atoms with Gasteiger partial charge in [0.15, 0.2) is 5.82 Å². The number of carbonyl (C=O) groups is 2. The molecule has 1 atom stereocenters. The van der Waals surface area contributed by atoms with Crippen LogP contribution in [0.2, 0.25) is 0 Å². The number of aromatic nitrogens is 3. The normalized spacial score (nSPS) is 12.4. The average Bonchev–Trinajstić information content (AvgIpc) is 3.36. The van der Waals surface area contributed by atoms with Gasteiger partial charge >= 0.3 is 0 Å². The van der Waals surface area contributed by atoms with Gasteiger partial charge in [0.05, 0.1) is 23.7 Å². The molecule has 0 fully saturated rings. The highest BCUT2D eigenvalue weighted by Crippen LogP contribution is 2.29. The van der Waals surface area contributed by atoms with E-state index in [-0.39, 0.29) is 17.7 Å². The fourth-order valence-electron chi connectivity index (χ4n) is 5.48. The van der Waals surface area contributed by atoms with Crippen molar-refractivity contribution in [3.8, 4) is 0 Å². The van der Waals surface area contributed by atoms with Crippen LogP contribution in [0.4, 0.5) is 5.82 Å². The molecule has 1 aromatic carbocycles. The Morgan fingerprint density at radius 3 is 2.60 bits per heavy atom. The number of hydrogen-bond donors (Lipinski definition) is 3. The van der Waals surface area contributed by atoms with E-state index in [0.717, 1.165) is 105 Å². The number of fused-ring (bicyclic) bond motifs is 3. The van der Waals surface area contributed by atoms with E-state index in [9.17, 15) is 9.59 Å². The van der Waals surface area contributed by atoms with E-state index in [0.29, 0.717) is 32.0 Å². The summed E-state index contributed by atoms with van der Waals surface area (Å²) in [5.74, 6) is 1.79. The fraction of sp³-hybridized carbons (Fsp3) is 0.636. The van der Waals surface area contributed by atoms with E-state index in [1.807, 2.05) is 12.1 Å². The third-order valence-corrected chi connectivity index (χ3v) is 8.00. The number of hydrogen-bond acceptors (Lipinski definition) is 8. The van der Waals surface area contributed by atoms with Crippen molar-refractivity contribution in [3.63, 3.8) is 0 Å². The van der Waals surface area contributed by atoms with Gasteiger partial charge in [-0.1, -0.05) is 31.5 Å². The number of nitrogens with two attached hydrogens (primary N) is 1. The SMILES string of the molecule is CCCCc1nc2c(N)nc3ccccc3c2n1CCCCN(C)CCCOCCC(=O)NCCCCC(NC)C(C)=O. The Kier molecular flexibility index (Phi) is 14.8. The standard InChI is InChI=1S/C33H53N7O3/c1-5-6-17-29-38-31-32(26-14-7-8-16-28(26)37-33(31)34)40(29)22-12-11-20-39(4)21-13-23-43-24-18-30(42)36-19-10-9-15-27(35-3)25(2)41/h7-8,14,16,27,35H,5-6,9-13,15,17-24H2,1-4H3,(H2,34,37)(H,36,42). The molecule has 0 radical (unpaired) electrons. The molecule has 1 unspecified atom stereocenters. The number of anilines is 1. The van der Waals surface area contributed by atoms with E-state index >= 15 is 0 Å². The number of para-hydroxylation sites is 1. The molecule has 3 aromatic rings. The maximum absolute atomic E-state index is 12.0. The van der Waals surface area contributed by atoms with Gasteiger partial charge in [-0.25, -0.2) is 9.97 Å². The predicted molar refractivity (Wildman–Crippen MR) is 175 cm³/mol. The molecule has 0 aliphatic heterocycles. The highest BCUT2D eigenvalue weighted by Gasteiger charge is 2.17. The van der Waals surface area contributed by atoms with Crippen LogP contribution in [-0.2, 0) is 27.3 Å². The first-order valence-electron chi connectivity index (χ1n) is 16.1. The van der Waals surface area contributed by atoms with E-state index < -0.39 is 0 Å². The lowest BCUT2D eigenvalue weighted by molar-refractivity contribution is -0.122. The van der Waals surface area contributed by atoms with Crippen molar-refractivity contribution < 1.29 is 14.3 Å². The number of rotatable bonds is 22. The minimum Gasteiger partial charge on any atom is -0.382 e. The van der Waals surface area contributed by atoms with Crippen molar-refractivity contribution in [1.82, 2.24) is 30.1 Å². The molecule has 2 aromatic heterocycles. The molecule has 2 heterocycles. The van der Waals surface area contributed by atoms with Gasteiger partial charge in [-0.15, -0.1) is 0 Å². The zero-order valence-electron chi connectivity index (χ0n) is 26.8.